The Labute approximate surface area is 179 Å². The molecule has 2 amide bonds. The van der Waals surface area contributed by atoms with E-state index in [-0.39, 0.29) is 18.4 Å². The molecule has 4 rings (SSSR count). The number of piperazine rings is 1. The van der Waals surface area contributed by atoms with Gasteiger partial charge in [-0.3, -0.25) is 14.5 Å². The summed E-state index contributed by atoms with van der Waals surface area (Å²) in [6, 6.07) is 12.7. The van der Waals surface area contributed by atoms with E-state index in [1.165, 1.54) is 6.26 Å². The summed E-state index contributed by atoms with van der Waals surface area (Å²) in [6.45, 7) is 3.07. The number of furan rings is 1. The molecule has 3 aromatic rings. The Hall–Kier alpha value is -3.10. The van der Waals surface area contributed by atoms with Crippen molar-refractivity contribution in [1.82, 2.24) is 19.6 Å². The monoisotopic (exact) mass is 427 g/mol. The van der Waals surface area contributed by atoms with E-state index in [2.05, 4.69) is 10.4 Å². The second-order valence-corrected chi connectivity index (χ2v) is 7.47. The zero-order valence-electron chi connectivity index (χ0n) is 16.3. The van der Waals surface area contributed by atoms with Crippen molar-refractivity contribution in [3.8, 4) is 0 Å². The molecule has 0 spiro atoms. The number of nitrogens with zero attached hydrogens (tertiary/aromatic N) is 4. The summed E-state index contributed by atoms with van der Waals surface area (Å²) in [5, 5.41) is 7.86. The number of rotatable bonds is 6. The van der Waals surface area contributed by atoms with E-state index >= 15 is 0 Å². The number of aromatic nitrogens is 2. The van der Waals surface area contributed by atoms with E-state index in [0.717, 1.165) is 5.56 Å². The SMILES string of the molecule is O=C(CN1CCN(C(=O)c2ccco2)CC1)Nc1ccnn1Cc1ccccc1Cl. The highest BCUT2D eigenvalue weighted by Gasteiger charge is 2.24. The summed E-state index contributed by atoms with van der Waals surface area (Å²) >= 11 is 6.23. The van der Waals surface area contributed by atoms with Gasteiger partial charge in [0.25, 0.3) is 5.91 Å². The number of benzene rings is 1. The van der Waals surface area contributed by atoms with Crippen LogP contribution in [0.15, 0.2) is 59.3 Å². The van der Waals surface area contributed by atoms with Gasteiger partial charge in [0, 0.05) is 37.3 Å². The number of hydrogen-bond acceptors (Lipinski definition) is 5. The molecule has 9 heteroatoms. The summed E-state index contributed by atoms with van der Waals surface area (Å²) < 4.78 is 6.88. The summed E-state index contributed by atoms with van der Waals surface area (Å²) in [4.78, 5) is 28.6. The molecule has 1 aliphatic heterocycles. The molecule has 0 aliphatic carbocycles. The maximum atomic E-state index is 12.5. The molecule has 0 unspecified atom stereocenters. The molecule has 1 aliphatic rings. The number of amides is 2. The zero-order chi connectivity index (χ0) is 20.9. The van der Waals surface area contributed by atoms with Gasteiger partial charge in [0.2, 0.25) is 5.91 Å². The quantitative estimate of drug-likeness (QED) is 0.653. The first-order chi connectivity index (χ1) is 14.6. The van der Waals surface area contributed by atoms with E-state index in [9.17, 15) is 9.59 Å². The van der Waals surface area contributed by atoms with Crippen LogP contribution in [0, 0.1) is 0 Å². The lowest BCUT2D eigenvalue weighted by Crippen LogP contribution is -2.50. The van der Waals surface area contributed by atoms with E-state index in [0.29, 0.717) is 49.3 Å². The number of hydrogen-bond donors (Lipinski definition) is 1. The number of carbonyl (C=O) groups excluding carboxylic acids is 2. The van der Waals surface area contributed by atoms with Crippen LogP contribution in [0.2, 0.25) is 5.02 Å². The van der Waals surface area contributed by atoms with Gasteiger partial charge in [0.15, 0.2) is 5.76 Å². The zero-order valence-corrected chi connectivity index (χ0v) is 17.1. The number of anilines is 1. The van der Waals surface area contributed by atoms with Gasteiger partial charge in [-0.25, -0.2) is 4.68 Å². The molecular weight excluding hydrogens is 406 g/mol. The van der Waals surface area contributed by atoms with E-state index in [1.807, 2.05) is 29.2 Å². The average Bonchev–Trinajstić information content (AvgIpc) is 3.42. The van der Waals surface area contributed by atoms with Gasteiger partial charge < -0.3 is 14.6 Å². The lowest BCUT2D eigenvalue weighted by Gasteiger charge is -2.33. The smallest absolute Gasteiger partial charge is 0.289 e. The van der Waals surface area contributed by atoms with Gasteiger partial charge in [-0.2, -0.15) is 5.10 Å². The standard InChI is InChI=1S/C21H22ClN5O3/c22-17-5-2-1-4-16(17)14-27-19(7-8-23-27)24-20(28)15-25-9-11-26(12-10-25)21(29)18-6-3-13-30-18/h1-8,13H,9-12,14-15H2,(H,24,28). The van der Waals surface area contributed by atoms with Crippen LogP contribution in [0.1, 0.15) is 16.1 Å². The fraction of sp³-hybridized carbons (Fsp3) is 0.286. The minimum absolute atomic E-state index is 0.118. The average molecular weight is 428 g/mol. The molecule has 0 radical (unpaired) electrons. The largest absolute Gasteiger partial charge is 0.459 e. The van der Waals surface area contributed by atoms with Gasteiger partial charge in [0.1, 0.15) is 5.82 Å². The highest BCUT2D eigenvalue weighted by molar-refractivity contribution is 6.31. The van der Waals surface area contributed by atoms with Crippen molar-refractivity contribution in [2.45, 2.75) is 6.54 Å². The van der Waals surface area contributed by atoms with Crippen LogP contribution in [0.3, 0.4) is 0 Å². The van der Waals surface area contributed by atoms with Crippen LogP contribution in [0.25, 0.3) is 0 Å². The van der Waals surface area contributed by atoms with Crippen molar-refractivity contribution in [3.63, 3.8) is 0 Å². The fourth-order valence-electron chi connectivity index (χ4n) is 3.40. The molecule has 0 saturated carbocycles. The molecule has 1 N–H and O–H groups in total. The molecule has 0 atom stereocenters. The predicted octanol–water partition coefficient (Wildman–Crippen LogP) is 2.57. The van der Waals surface area contributed by atoms with Crippen LogP contribution in [0.4, 0.5) is 5.82 Å². The van der Waals surface area contributed by atoms with Gasteiger partial charge >= 0.3 is 0 Å². The third-order valence-electron chi connectivity index (χ3n) is 5.02. The highest BCUT2D eigenvalue weighted by Crippen LogP contribution is 2.18. The molecule has 8 nitrogen and oxygen atoms in total. The predicted molar refractivity (Wildman–Crippen MR) is 112 cm³/mol. The molecule has 2 aromatic heterocycles. The minimum atomic E-state index is -0.123. The first kappa shape index (κ1) is 20.2. The minimum Gasteiger partial charge on any atom is -0.459 e. The van der Waals surface area contributed by atoms with Gasteiger partial charge in [-0.1, -0.05) is 29.8 Å². The molecule has 1 aromatic carbocycles. The lowest BCUT2D eigenvalue weighted by atomic mass is 10.2. The first-order valence-corrected chi connectivity index (χ1v) is 10.1. The molecule has 3 heterocycles. The Kier molecular flexibility index (Phi) is 6.15. The molecule has 1 saturated heterocycles. The summed E-state index contributed by atoms with van der Waals surface area (Å²) in [7, 11) is 0. The third-order valence-corrected chi connectivity index (χ3v) is 5.39. The summed E-state index contributed by atoms with van der Waals surface area (Å²) in [5.41, 5.74) is 0.927. The van der Waals surface area contributed by atoms with Gasteiger partial charge in [-0.15, -0.1) is 0 Å². The Morgan fingerprint density at radius 1 is 1.07 bits per heavy atom. The van der Waals surface area contributed by atoms with Crippen molar-refractivity contribution in [3.05, 3.63) is 71.3 Å². The Bertz CT molecular complexity index is 1010. The normalized spacial score (nSPS) is 14.6. The van der Waals surface area contributed by atoms with Gasteiger partial charge in [-0.05, 0) is 23.8 Å². The van der Waals surface area contributed by atoms with E-state index < -0.39 is 0 Å². The second-order valence-electron chi connectivity index (χ2n) is 7.06. The van der Waals surface area contributed by atoms with Crippen LogP contribution >= 0.6 is 11.6 Å². The lowest BCUT2D eigenvalue weighted by molar-refractivity contribution is -0.117. The van der Waals surface area contributed by atoms with Crippen molar-refractivity contribution in [2.75, 3.05) is 38.0 Å². The Morgan fingerprint density at radius 2 is 1.87 bits per heavy atom. The number of halogens is 1. The molecule has 0 bridgehead atoms. The molecular formula is C21H22ClN5O3. The Balaban J connectivity index is 1.28. The number of nitrogens with one attached hydrogen (secondary N) is 1. The van der Waals surface area contributed by atoms with Crippen molar-refractivity contribution in [2.24, 2.45) is 0 Å². The maximum Gasteiger partial charge on any atom is 0.289 e. The molecule has 30 heavy (non-hydrogen) atoms. The summed E-state index contributed by atoms with van der Waals surface area (Å²) in [5.74, 6) is 0.717. The topological polar surface area (TPSA) is 83.6 Å². The van der Waals surface area contributed by atoms with Crippen molar-refractivity contribution in [1.29, 1.82) is 0 Å². The molecule has 1 fully saturated rings. The Morgan fingerprint density at radius 3 is 2.60 bits per heavy atom. The molecule has 156 valence electrons. The van der Waals surface area contributed by atoms with Crippen molar-refractivity contribution < 1.29 is 14.0 Å². The maximum absolute atomic E-state index is 12.5. The summed E-state index contributed by atoms with van der Waals surface area (Å²) in [6.07, 6.45) is 3.13. The fourth-order valence-corrected chi connectivity index (χ4v) is 3.60. The number of carbonyl (C=O) groups is 2. The van der Waals surface area contributed by atoms with Crippen molar-refractivity contribution >= 4 is 29.2 Å². The van der Waals surface area contributed by atoms with E-state index in [1.54, 1.807) is 34.0 Å². The van der Waals surface area contributed by atoms with Crippen LogP contribution in [-0.2, 0) is 11.3 Å². The first-order valence-electron chi connectivity index (χ1n) is 9.70. The van der Waals surface area contributed by atoms with E-state index in [4.69, 9.17) is 16.0 Å². The van der Waals surface area contributed by atoms with Crippen LogP contribution in [-0.4, -0.2) is 64.1 Å². The van der Waals surface area contributed by atoms with Crippen LogP contribution in [0.5, 0.6) is 0 Å². The third kappa shape index (κ3) is 4.72. The van der Waals surface area contributed by atoms with Crippen LogP contribution < -0.4 is 5.32 Å². The highest BCUT2D eigenvalue weighted by atomic mass is 35.5. The van der Waals surface area contributed by atoms with Gasteiger partial charge in [0.05, 0.1) is 25.5 Å². The second kappa shape index (κ2) is 9.15.